The molecule has 3 rings (SSSR count). The van der Waals surface area contributed by atoms with E-state index in [4.69, 9.17) is 11.6 Å². The number of hydrogen-bond acceptors (Lipinski definition) is 4. The summed E-state index contributed by atoms with van der Waals surface area (Å²) in [5.41, 5.74) is 0.614. The number of carbonyl (C=O) groups excluding carboxylic acids is 1. The van der Waals surface area contributed by atoms with Gasteiger partial charge in [-0.2, -0.15) is 4.31 Å². The Morgan fingerprint density at radius 3 is 2.50 bits per heavy atom. The van der Waals surface area contributed by atoms with Crippen molar-refractivity contribution < 1.29 is 22.0 Å². The van der Waals surface area contributed by atoms with E-state index in [-0.39, 0.29) is 30.3 Å². The summed E-state index contributed by atoms with van der Waals surface area (Å²) in [6.45, 7) is 2.33. The number of amides is 1. The highest BCUT2D eigenvalue weighted by Crippen LogP contribution is 2.22. The van der Waals surface area contributed by atoms with E-state index in [0.717, 1.165) is 16.4 Å². The summed E-state index contributed by atoms with van der Waals surface area (Å²) in [6, 6.07) is 9.10. The van der Waals surface area contributed by atoms with Gasteiger partial charge in [-0.1, -0.05) is 23.7 Å². The van der Waals surface area contributed by atoms with Gasteiger partial charge >= 0.3 is 0 Å². The summed E-state index contributed by atoms with van der Waals surface area (Å²) in [7, 11) is -4.18. The largest absolute Gasteiger partial charge is 0.340 e. The first-order chi connectivity index (χ1) is 14.3. The highest BCUT2D eigenvalue weighted by atomic mass is 35.5. The zero-order chi connectivity index (χ0) is 21.7. The summed E-state index contributed by atoms with van der Waals surface area (Å²) in [6.07, 6.45) is -0.0243. The fourth-order valence-corrected chi connectivity index (χ4v) is 4.86. The molecule has 2 aromatic rings. The van der Waals surface area contributed by atoms with E-state index in [9.17, 15) is 22.0 Å². The molecule has 1 aliphatic heterocycles. The molecule has 6 nitrogen and oxygen atoms in total. The van der Waals surface area contributed by atoms with Crippen LogP contribution in [0.2, 0.25) is 5.02 Å². The monoisotopic (exact) mass is 457 g/mol. The Bertz CT molecular complexity index is 1010. The molecule has 2 aromatic carbocycles. The quantitative estimate of drug-likeness (QED) is 0.694. The highest BCUT2D eigenvalue weighted by molar-refractivity contribution is 7.89. The third-order valence-electron chi connectivity index (χ3n) is 4.82. The van der Waals surface area contributed by atoms with Crippen molar-refractivity contribution >= 4 is 27.5 Å². The molecule has 162 valence electrons. The van der Waals surface area contributed by atoms with Gasteiger partial charge in [-0.15, -0.1) is 0 Å². The zero-order valence-electron chi connectivity index (χ0n) is 16.2. The van der Waals surface area contributed by atoms with E-state index in [0.29, 0.717) is 42.8 Å². The Balaban J connectivity index is 1.84. The molecule has 0 aromatic heterocycles. The maximum Gasteiger partial charge on any atom is 0.243 e. The van der Waals surface area contributed by atoms with E-state index < -0.39 is 21.7 Å². The van der Waals surface area contributed by atoms with E-state index in [2.05, 4.69) is 5.32 Å². The van der Waals surface area contributed by atoms with Crippen LogP contribution in [0.5, 0.6) is 0 Å². The second-order valence-electron chi connectivity index (χ2n) is 6.93. The maximum atomic E-state index is 13.7. The predicted octanol–water partition coefficient (Wildman–Crippen LogP) is 2.63. The molecule has 1 saturated heterocycles. The van der Waals surface area contributed by atoms with Crippen molar-refractivity contribution in [2.45, 2.75) is 17.9 Å². The van der Waals surface area contributed by atoms with Crippen LogP contribution in [0.15, 0.2) is 47.4 Å². The van der Waals surface area contributed by atoms with Gasteiger partial charge in [-0.05, 0) is 35.9 Å². The van der Waals surface area contributed by atoms with Crippen molar-refractivity contribution in [2.24, 2.45) is 0 Å². The summed E-state index contributed by atoms with van der Waals surface area (Å²) in [4.78, 5) is 13.8. The first-order valence-corrected chi connectivity index (χ1v) is 11.3. The molecule has 0 unspecified atom stereocenters. The zero-order valence-corrected chi connectivity index (χ0v) is 17.7. The average molecular weight is 458 g/mol. The van der Waals surface area contributed by atoms with Crippen molar-refractivity contribution in [3.63, 3.8) is 0 Å². The third kappa shape index (κ3) is 5.54. The number of sulfonamides is 1. The number of halogens is 3. The lowest BCUT2D eigenvalue weighted by atomic mass is 10.2. The lowest BCUT2D eigenvalue weighted by molar-refractivity contribution is -0.131. The van der Waals surface area contributed by atoms with Crippen LogP contribution in [0, 0.1) is 11.6 Å². The van der Waals surface area contributed by atoms with Crippen LogP contribution in [-0.2, 0) is 21.4 Å². The van der Waals surface area contributed by atoms with Crippen molar-refractivity contribution in [1.82, 2.24) is 14.5 Å². The Hall–Kier alpha value is -2.07. The predicted molar refractivity (Wildman–Crippen MR) is 109 cm³/mol. The molecule has 10 heteroatoms. The summed E-state index contributed by atoms with van der Waals surface area (Å²) < 4.78 is 54.3. The molecule has 0 saturated carbocycles. The minimum Gasteiger partial charge on any atom is -0.340 e. The summed E-state index contributed by atoms with van der Waals surface area (Å²) in [5.74, 6) is -2.55. The number of rotatable bonds is 7. The number of nitrogens with zero attached hydrogens (tertiary/aromatic N) is 2. The van der Waals surface area contributed by atoms with Crippen LogP contribution in [0.1, 0.15) is 12.0 Å². The second-order valence-corrected chi connectivity index (χ2v) is 9.30. The minimum atomic E-state index is -4.18. The Labute approximate surface area is 179 Å². The minimum absolute atomic E-state index is 0.0243. The SMILES string of the molecule is O=C(CCN(Cc1cccc(Cl)c1)S(=O)(=O)c1ccc(F)c(F)c1)N1CCNCC1. The normalized spacial score (nSPS) is 14.9. The lowest BCUT2D eigenvalue weighted by Crippen LogP contribution is -2.47. The van der Waals surface area contributed by atoms with Crippen LogP contribution in [0.25, 0.3) is 0 Å². The molecule has 1 N–H and O–H groups in total. The molecule has 0 radical (unpaired) electrons. The van der Waals surface area contributed by atoms with Crippen molar-refractivity contribution in [1.29, 1.82) is 0 Å². The molecule has 0 aliphatic carbocycles. The molecule has 0 atom stereocenters. The summed E-state index contributed by atoms with van der Waals surface area (Å²) >= 11 is 6.00. The van der Waals surface area contributed by atoms with Gasteiger partial charge in [0.15, 0.2) is 11.6 Å². The number of benzene rings is 2. The molecule has 1 amide bonds. The van der Waals surface area contributed by atoms with Crippen LogP contribution in [0.3, 0.4) is 0 Å². The van der Waals surface area contributed by atoms with Gasteiger partial charge in [0, 0.05) is 50.7 Å². The Morgan fingerprint density at radius 2 is 1.83 bits per heavy atom. The number of nitrogens with one attached hydrogen (secondary N) is 1. The maximum absolute atomic E-state index is 13.7. The molecule has 1 aliphatic rings. The Kier molecular flexibility index (Phi) is 7.41. The summed E-state index contributed by atoms with van der Waals surface area (Å²) in [5, 5.41) is 3.59. The first kappa shape index (κ1) is 22.6. The van der Waals surface area contributed by atoms with Gasteiger partial charge in [0.25, 0.3) is 0 Å². The fourth-order valence-electron chi connectivity index (χ4n) is 3.20. The van der Waals surface area contributed by atoms with Crippen molar-refractivity contribution in [3.05, 3.63) is 64.7 Å². The highest BCUT2D eigenvalue weighted by Gasteiger charge is 2.27. The topological polar surface area (TPSA) is 69.7 Å². The third-order valence-corrected chi connectivity index (χ3v) is 6.90. The van der Waals surface area contributed by atoms with E-state index >= 15 is 0 Å². The number of piperazine rings is 1. The molecule has 0 bridgehead atoms. The van der Waals surface area contributed by atoms with Gasteiger partial charge in [0.05, 0.1) is 4.90 Å². The van der Waals surface area contributed by atoms with E-state index in [1.54, 1.807) is 29.2 Å². The molecule has 0 spiro atoms. The fraction of sp³-hybridized carbons (Fsp3) is 0.350. The number of hydrogen-bond donors (Lipinski definition) is 1. The number of carbonyl (C=O) groups is 1. The molecular formula is C20H22ClF2N3O3S. The van der Waals surface area contributed by atoms with Gasteiger partial charge in [0.2, 0.25) is 15.9 Å². The van der Waals surface area contributed by atoms with Gasteiger partial charge in [-0.3, -0.25) is 4.79 Å². The van der Waals surface area contributed by atoms with E-state index in [1.165, 1.54) is 0 Å². The van der Waals surface area contributed by atoms with Crippen LogP contribution in [0.4, 0.5) is 8.78 Å². The van der Waals surface area contributed by atoms with Gasteiger partial charge in [-0.25, -0.2) is 17.2 Å². The van der Waals surface area contributed by atoms with Crippen LogP contribution in [-0.4, -0.2) is 56.3 Å². The van der Waals surface area contributed by atoms with E-state index in [1.807, 2.05) is 0 Å². The first-order valence-electron chi connectivity index (χ1n) is 9.45. The molecular weight excluding hydrogens is 436 g/mol. The van der Waals surface area contributed by atoms with Gasteiger partial charge < -0.3 is 10.2 Å². The Morgan fingerprint density at radius 1 is 1.10 bits per heavy atom. The van der Waals surface area contributed by atoms with Crippen LogP contribution >= 0.6 is 11.6 Å². The molecule has 1 fully saturated rings. The lowest BCUT2D eigenvalue weighted by Gasteiger charge is -2.29. The smallest absolute Gasteiger partial charge is 0.243 e. The van der Waals surface area contributed by atoms with Crippen molar-refractivity contribution in [3.8, 4) is 0 Å². The average Bonchev–Trinajstić information content (AvgIpc) is 2.73. The standard InChI is InChI=1S/C20H22ClF2N3O3S/c21-16-3-1-2-15(12-16)14-26(9-6-20(27)25-10-7-24-8-11-25)30(28,29)17-4-5-18(22)19(23)13-17/h1-5,12-13,24H,6-11,14H2. The molecule has 30 heavy (non-hydrogen) atoms. The second kappa shape index (κ2) is 9.82. The van der Waals surface area contributed by atoms with Crippen LogP contribution < -0.4 is 5.32 Å². The van der Waals surface area contributed by atoms with Crippen molar-refractivity contribution in [2.75, 3.05) is 32.7 Å². The van der Waals surface area contributed by atoms with Gasteiger partial charge in [0.1, 0.15) is 0 Å². The molecule has 1 heterocycles.